The molecule has 0 heterocycles. The summed E-state index contributed by atoms with van der Waals surface area (Å²) in [6.45, 7) is 1.56. The molecule has 0 aromatic heterocycles. The third kappa shape index (κ3) is 3.88. The standard InChI is InChI=1S/C18H17N3O5S2/c1-2-27(22,23)13-8-6-12(7-9-13)20-21-18-15-4-3-5-17(28(24,25)26)14(15)10-11-16(18)19/h3-11H,2,19H2,1H3,(H,24,25,26). The largest absolute Gasteiger partial charge is 0.397 e. The molecule has 0 unspecified atom stereocenters. The highest BCUT2D eigenvalue weighted by molar-refractivity contribution is 7.91. The summed E-state index contributed by atoms with van der Waals surface area (Å²) in [4.78, 5) is -0.0630. The van der Waals surface area contributed by atoms with E-state index in [2.05, 4.69) is 10.2 Å². The lowest BCUT2D eigenvalue weighted by atomic mass is 10.1. The summed E-state index contributed by atoms with van der Waals surface area (Å²) in [5.74, 6) is -0.00347. The maximum absolute atomic E-state index is 11.9. The Morgan fingerprint density at radius 1 is 0.893 bits per heavy atom. The monoisotopic (exact) mass is 419 g/mol. The second-order valence-electron chi connectivity index (χ2n) is 5.93. The van der Waals surface area contributed by atoms with E-state index in [4.69, 9.17) is 5.73 Å². The first-order valence-electron chi connectivity index (χ1n) is 8.17. The van der Waals surface area contributed by atoms with E-state index < -0.39 is 20.0 Å². The molecule has 0 aliphatic carbocycles. The number of hydrogen-bond acceptors (Lipinski definition) is 7. The number of sulfone groups is 1. The molecular formula is C18H17N3O5S2. The molecule has 0 bridgehead atoms. The molecule has 3 N–H and O–H groups in total. The number of nitrogen functional groups attached to an aromatic ring is 1. The van der Waals surface area contributed by atoms with E-state index in [9.17, 15) is 21.4 Å². The average molecular weight is 419 g/mol. The summed E-state index contributed by atoms with van der Waals surface area (Å²) in [7, 11) is -7.73. The first-order chi connectivity index (χ1) is 13.1. The summed E-state index contributed by atoms with van der Waals surface area (Å²) in [6, 6.07) is 13.2. The van der Waals surface area contributed by atoms with E-state index in [0.29, 0.717) is 11.1 Å². The molecule has 0 amide bonds. The molecule has 0 fully saturated rings. The van der Waals surface area contributed by atoms with Crippen LogP contribution < -0.4 is 5.73 Å². The molecule has 0 aliphatic rings. The number of rotatable bonds is 5. The molecule has 0 spiro atoms. The van der Waals surface area contributed by atoms with Gasteiger partial charge in [0, 0.05) is 10.8 Å². The van der Waals surface area contributed by atoms with Gasteiger partial charge in [-0.1, -0.05) is 25.1 Å². The van der Waals surface area contributed by atoms with Crippen LogP contribution in [0.5, 0.6) is 0 Å². The van der Waals surface area contributed by atoms with Gasteiger partial charge in [-0.25, -0.2) is 8.42 Å². The molecule has 3 aromatic rings. The van der Waals surface area contributed by atoms with Gasteiger partial charge in [0.2, 0.25) is 0 Å². The van der Waals surface area contributed by atoms with Crippen LogP contribution in [0.25, 0.3) is 10.8 Å². The van der Waals surface area contributed by atoms with Crippen molar-refractivity contribution in [3.05, 3.63) is 54.6 Å². The molecular weight excluding hydrogens is 402 g/mol. The van der Waals surface area contributed by atoms with E-state index in [0.717, 1.165) is 0 Å². The van der Waals surface area contributed by atoms with E-state index in [1.807, 2.05) is 0 Å². The number of fused-ring (bicyclic) bond motifs is 1. The van der Waals surface area contributed by atoms with Crippen molar-refractivity contribution >= 4 is 47.8 Å². The van der Waals surface area contributed by atoms with Gasteiger partial charge in [-0.15, -0.1) is 5.11 Å². The van der Waals surface area contributed by atoms with Gasteiger partial charge in [-0.3, -0.25) is 4.55 Å². The van der Waals surface area contributed by atoms with E-state index in [-0.39, 0.29) is 32.3 Å². The molecule has 0 aliphatic heterocycles. The molecule has 28 heavy (non-hydrogen) atoms. The summed E-state index contributed by atoms with van der Waals surface area (Å²) in [5, 5.41) is 8.85. The van der Waals surface area contributed by atoms with E-state index in [1.54, 1.807) is 13.0 Å². The number of azo groups is 1. The highest BCUT2D eigenvalue weighted by atomic mass is 32.2. The maximum atomic E-state index is 11.9. The molecule has 3 rings (SSSR count). The van der Waals surface area contributed by atoms with Crippen LogP contribution >= 0.6 is 0 Å². The summed E-state index contributed by atoms with van der Waals surface area (Å²) in [5.41, 5.74) is 6.88. The van der Waals surface area contributed by atoms with Crippen LogP contribution in [0.3, 0.4) is 0 Å². The van der Waals surface area contributed by atoms with Gasteiger partial charge in [0.25, 0.3) is 10.1 Å². The van der Waals surface area contributed by atoms with Gasteiger partial charge in [-0.2, -0.15) is 13.5 Å². The number of nitrogens with zero attached hydrogens (tertiary/aromatic N) is 2. The van der Waals surface area contributed by atoms with Crippen molar-refractivity contribution in [3.63, 3.8) is 0 Å². The predicted octanol–water partition coefficient (Wildman–Crippen LogP) is 3.88. The van der Waals surface area contributed by atoms with Crippen LogP contribution in [-0.4, -0.2) is 27.1 Å². The zero-order valence-electron chi connectivity index (χ0n) is 14.8. The Balaban J connectivity index is 2.06. The van der Waals surface area contributed by atoms with Crippen molar-refractivity contribution < 1.29 is 21.4 Å². The maximum Gasteiger partial charge on any atom is 0.295 e. The Kier molecular flexibility index (Phi) is 5.20. The Morgan fingerprint density at radius 2 is 1.57 bits per heavy atom. The molecule has 0 saturated carbocycles. The van der Waals surface area contributed by atoms with Crippen LogP contribution in [0, 0.1) is 0 Å². The SMILES string of the molecule is CCS(=O)(=O)c1ccc(N=Nc2c(N)ccc3c(S(=O)(=O)O)cccc23)cc1. The van der Waals surface area contributed by atoms with Gasteiger partial charge in [0.1, 0.15) is 10.6 Å². The third-order valence-electron chi connectivity index (χ3n) is 4.14. The third-order valence-corrected chi connectivity index (χ3v) is 6.81. The minimum absolute atomic E-state index is 0.00347. The first kappa shape index (κ1) is 19.9. The fourth-order valence-electron chi connectivity index (χ4n) is 2.66. The van der Waals surface area contributed by atoms with Crippen LogP contribution in [0.15, 0.2) is 74.6 Å². The van der Waals surface area contributed by atoms with Gasteiger partial charge in [0.05, 0.1) is 22.0 Å². The van der Waals surface area contributed by atoms with Crippen molar-refractivity contribution in [3.8, 4) is 0 Å². The smallest absolute Gasteiger partial charge is 0.295 e. The first-order valence-corrected chi connectivity index (χ1v) is 11.3. The van der Waals surface area contributed by atoms with E-state index >= 15 is 0 Å². The van der Waals surface area contributed by atoms with Crippen molar-refractivity contribution in [2.75, 3.05) is 11.5 Å². The second kappa shape index (κ2) is 7.30. The lowest BCUT2D eigenvalue weighted by Gasteiger charge is -2.08. The van der Waals surface area contributed by atoms with Crippen LogP contribution in [0.1, 0.15) is 6.92 Å². The number of anilines is 1. The molecule has 3 aromatic carbocycles. The Bertz CT molecular complexity index is 1280. The van der Waals surface area contributed by atoms with Crippen LogP contribution in [-0.2, 0) is 20.0 Å². The van der Waals surface area contributed by atoms with Gasteiger partial charge in [-0.05, 0) is 36.4 Å². The fraction of sp³-hybridized carbons (Fsp3) is 0.111. The fourth-order valence-corrected chi connectivity index (χ4v) is 4.25. The van der Waals surface area contributed by atoms with Crippen LogP contribution in [0.2, 0.25) is 0 Å². The number of hydrogen-bond donors (Lipinski definition) is 2. The molecule has 10 heteroatoms. The predicted molar refractivity (Wildman–Crippen MR) is 107 cm³/mol. The molecule has 0 radical (unpaired) electrons. The Morgan fingerprint density at radius 3 is 2.18 bits per heavy atom. The highest BCUT2D eigenvalue weighted by Crippen LogP contribution is 2.36. The Hall–Kier alpha value is -2.82. The molecule has 146 valence electrons. The second-order valence-corrected chi connectivity index (χ2v) is 9.60. The molecule has 0 saturated heterocycles. The van der Waals surface area contributed by atoms with Crippen LogP contribution in [0.4, 0.5) is 17.1 Å². The van der Waals surface area contributed by atoms with Crippen molar-refractivity contribution in [1.82, 2.24) is 0 Å². The molecule has 8 nitrogen and oxygen atoms in total. The normalized spacial score (nSPS) is 12.6. The Labute approximate surface area is 162 Å². The molecule has 0 atom stereocenters. The minimum atomic E-state index is -4.42. The highest BCUT2D eigenvalue weighted by Gasteiger charge is 2.16. The van der Waals surface area contributed by atoms with E-state index in [1.165, 1.54) is 48.5 Å². The van der Waals surface area contributed by atoms with Crippen molar-refractivity contribution in [2.45, 2.75) is 16.7 Å². The average Bonchev–Trinajstić information content (AvgIpc) is 2.66. The zero-order chi connectivity index (χ0) is 20.5. The summed E-state index contributed by atoms with van der Waals surface area (Å²) in [6.07, 6.45) is 0. The van der Waals surface area contributed by atoms with Gasteiger partial charge >= 0.3 is 0 Å². The van der Waals surface area contributed by atoms with Gasteiger partial charge < -0.3 is 5.73 Å². The van der Waals surface area contributed by atoms with Crippen molar-refractivity contribution in [2.24, 2.45) is 10.2 Å². The quantitative estimate of drug-likeness (QED) is 0.365. The summed E-state index contributed by atoms with van der Waals surface area (Å²) >= 11 is 0. The van der Waals surface area contributed by atoms with Crippen molar-refractivity contribution in [1.29, 1.82) is 0 Å². The number of nitrogens with two attached hydrogens (primary N) is 1. The zero-order valence-corrected chi connectivity index (χ0v) is 16.4. The topological polar surface area (TPSA) is 139 Å². The summed E-state index contributed by atoms with van der Waals surface area (Å²) < 4.78 is 56.3. The minimum Gasteiger partial charge on any atom is -0.397 e. The number of benzene rings is 3. The lowest BCUT2D eigenvalue weighted by Crippen LogP contribution is -2.02. The van der Waals surface area contributed by atoms with Gasteiger partial charge in [0.15, 0.2) is 9.84 Å². The lowest BCUT2D eigenvalue weighted by molar-refractivity contribution is 0.484.